The number of hydrogen-bond donors (Lipinski definition) is 0. The molecule has 0 unspecified atom stereocenters. The second kappa shape index (κ2) is 8.41. The zero-order valence-corrected chi connectivity index (χ0v) is 18.9. The van der Waals surface area contributed by atoms with Gasteiger partial charge < -0.3 is 9.32 Å². The minimum atomic E-state index is -3.45. The molecule has 3 aromatic heterocycles. The highest BCUT2D eigenvalue weighted by Crippen LogP contribution is 2.27. The zero-order valence-electron chi connectivity index (χ0n) is 17.2. The summed E-state index contributed by atoms with van der Waals surface area (Å²) in [6, 6.07) is 12.9. The van der Waals surface area contributed by atoms with Gasteiger partial charge in [-0.2, -0.15) is 4.31 Å². The first-order chi connectivity index (χ1) is 15.5. The number of hydrogen-bond acceptors (Lipinski definition) is 9. The molecule has 1 aliphatic rings. The Hall–Kier alpha value is -3.15. The van der Waals surface area contributed by atoms with Crippen molar-refractivity contribution in [2.45, 2.75) is 11.1 Å². The fraction of sp³-hybridized carbons (Fsp3) is 0.238. The van der Waals surface area contributed by atoms with Gasteiger partial charge >= 0.3 is 0 Å². The molecule has 0 aliphatic carbocycles. The number of piperazine rings is 1. The lowest BCUT2D eigenvalue weighted by Crippen LogP contribution is -2.48. The van der Waals surface area contributed by atoms with Crippen LogP contribution in [-0.2, 0) is 10.0 Å². The van der Waals surface area contributed by atoms with Crippen LogP contribution in [0.1, 0.15) is 5.69 Å². The lowest BCUT2D eigenvalue weighted by molar-refractivity contribution is 0.384. The van der Waals surface area contributed by atoms with Gasteiger partial charge in [-0.1, -0.05) is 24.3 Å². The van der Waals surface area contributed by atoms with Crippen LogP contribution < -0.4 is 4.90 Å². The molecule has 0 amide bonds. The van der Waals surface area contributed by atoms with Crippen molar-refractivity contribution >= 4 is 27.2 Å². The van der Waals surface area contributed by atoms with Crippen molar-refractivity contribution in [1.29, 1.82) is 0 Å². The summed E-state index contributed by atoms with van der Waals surface area (Å²) in [5, 5.41) is 10.1. The number of aromatic nitrogens is 4. The quantitative estimate of drug-likeness (QED) is 0.440. The molecule has 164 valence electrons. The number of nitrogens with zero attached hydrogens (tertiary/aromatic N) is 6. The van der Waals surface area contributed by atoms with Crippen LogP contribution in [0, 0.1) is 6.92 Å². The van der Waals surface area contributed by atoms with Gasteiger partial charge in [0.25, 0.3) is 15.9 Å². The molecule has 4 heterocycles. The number of benzene rings is 1. The van der Waals surface area contributed by atoms with Crippen molar-refractivity contribution in [3.8, 4) is 23.0 Å². The summed E-state index contributed by atoms with van der Waals surface area (Å²) >= 11 is 1.23. The number of thiophene rings is 1. The molecule has 1 saturated heterocycles. The molecule has 1 aliphatic heterocycles. The first-order valence-electron chi connectivity index (χ1n) is 10.0. The summed E-state index contributed by atoms with van der Waals surface area (Å²) < 4.78 is 33.3. The molecule has 11 heteroatoms. The van der Waals surface area contributed by atoms with Crippen molar-refractivity contribution in [3.05, 3.63) is 59.7 Å². The average molecular weight is 469 g/mol. The standard InChI is InChI=1S/C21H20N6O3S2/c1-15-19(21-25-24-20(30-21)16-6-3-2-4-7-16)23-17(14-22-15)26-9-11-27(12-10-26)32(28,29)18-8-5-13-31-18/h2-8,13-14H,9-12H2,1H3. The Labute approximate surface area is 189 Å². The summed E-state index contributed by atoms with van der Waals surface area (Å²) in [6.07, 6.45) is 1.69. The van der Waals surface area contributed by atoms with E-state index in [1.54, 1.807) is 23.7 Å². The molecule has 1 fully saturated rings. The third kappa shape index (κ3) is 3.90. The van der Waals surface area contributed by atoms with E-state index in [9.17, 15) is 8.42 Å². The van der Waals surface area contributed by atoms with Gasteiger partial charge in [-0.3, -0.25) is 4.98 Å². The molecule has 32 heavy (non-hydrogen) atoms. The molecule has 9 nitrogen and oxygen atoms in total. The number of aryl methyl sites for hydroxylation is 1. The van der Waals surface area contributed by atoms with Crippen molar-refractivity contribution in [3.63, 3.8) is 0 Å². The van der Waals surface area contributed by atoms with Gasteiger partial charge in [0.2, 0.25) is 5.89 Å². The first-order valence-corrected chi connectivity index (χ1v) is 12.4. The highest BCUT2D eigenvalue weighted by Gasteiger charge is 2.30. The van der Waals surface area contributed by atoms with Crippen LogP contribution in [0.15, 0.2) is 62.7 Å². The maximum Gasteiger partial charge on any atom is 0.268 e. The Bertz CT molecular complexity index is 1310. The summed E-state index contributed by atoms with van der Waals surface area (Å²) in [7, 11) is -3.45. The van der Waals surface area contributed by atoms with Crippen LogP contribution in [0.25, 0.3) is 23.0 Å². The van der Waals surface area contributed by atoms with Gasteiger partial charge in [0.05, 0.1) is 11.9 Å². The minimum absolute atomic E-state index is 0.301. The minimum Gasteiger partial charge on any atom is -0.415 e. The second-order valence-corrected chi connectivity index (χ2v) is 10.4. The SMILES string of the molecule is Cc1ncc(N2CCN(S(=O)(=O)c3cccs3)CC2)nc1-c1nnc(-c2ccccc2)o1. The van der Waals surface area contributed by atoms with Crippen LogP contribution in [0.5, 0.6) is 0 Å². The summed E-state index contributed by atoms with van der Waals surface area (Å²) in [6.45, 7) is 3.62. The lowest BCUT2D eigenvalue weighted by atomic mass is 10.2. The second-order valence-electron chi connectivity index (χ2n) is 7.26. The van der Waals surface area contributed by atoms with Gasteiger partial charge in [-0.25, -0.2) is 13.4 Å². The fourth-order valence-electron chi connectivity index (χ4n) is 3.51. The maximum absolute atomic E-state index is 12.8. The third-order valence-corrected chi connectivity index (χ3v) is 8.51. The van der Waals surface area contributed by atoms with E-state index < -0.39 is 10.0 Å². The molecule has 1 aromatic carbocycles. The predicted molar refractivity (Wildman–Crippen MR) is 121 cm³/mol. The van der Waals surface area contributed by atoms with Gasteiger partial charge in [-0.15, -0.1) is 21.5 Å². The normalized spacial score (nSPS) is 15.2. The van der Waals surface area contributed by atoms with Crippen molar-refractivity contribution in [1.82, 2.24) is 24.5 Å². The molecular formula is C21H20N6O3S2. The first kappa shape index (κ1) is 20.7. The Morgan fingerprint density at radius 2 is 1.72 bits per heavy atom. The van der Waals surface area contributed by atoms with Gasteiger partial charge in [0.1, 0.15) is 10.0 Å². The largest absolute Gasteiger partial charge is 0.415 e. The molecular weight excluding hydrogens is 448 g/mol. The van der Waals surface area contributed by atoms with E-state index in [2.05, 4.69) is 15.2 Å². The summed E-state index contributed by atoms with van der Waals surface area (Å²) in [4.78, 5) is 11.2. The average Bonchev–Trinajstić information content (AvgIpc) is 3.53. The molecule has 0 radical (unpaired) electrons. The smallest absolute Gasteiger partial charge is 0.268 e. The zero-order chi connectivity index (χ0) is 22.1. The number of sulfonamides is 1. The molecule has 0 bridgehead atoms. The van der Waals surface area contributed by atoms with Crippen LogP contribution in [0.2, 0.25) is 0 Å². The highest BCUT2D eigenvalue weighted by atomic mass is 32.2. The molecule has 4 aromatic rings. The summed E-state index contributed by atoms with van der Waals surface area (Å²) in [5.74, 6) is 1.37. The molecule has 0 spiro atoms. The molecule has 0 saturated carbocycles. The predicted octanol–water partition coefficient (Wildman–Crippen LogP) is 3.07. The fourth-order valence-corrected chi connectivity index (χ4v) is 6.07. The topological polar surface area (TPSA) is 105 Å². The van der Waals surface area contributed by atoms with E-state index in [0.29, 0.717) is 59.4 Å². The van der Waals surface area contributed by atoms with E-state index in [1.165, 1.54) is 15.6 Å². The maximum atomic E-state index is 12.8. The Balaban J connectivity index is 1.35. The Kier molecular flexibility index (Phi) is 5.45. The van der Waals surface area contributed by atoms with Crippen LogP contribution in [0.4, 0.5) is 5.82 Å². The molecule has 0 N–H and O–H groups in total. The molecule has 0 atom stereocenters. The van der Waals surface area contributed by atoms with Gasteiger partial charge in [0, 0.05) is 31.7 Å². The number of rotatable bonds is 5. The van der Waals surface area contributed by atoms with Gasteiger partial charge in [0.15, 0.2) is 5.69 Å². The van der Waals surface area contributed by atoms with Crippen molar-refractivity contribution in [2.75, 3.05) is 31.1 Å². The van der Waals surface area contributed by atoms with Crippen molar-refractivity contribution in [2.24, 2.45) is 0 Å². The molecule has 5 rings (SSSR count). The van der Waals surface area contributed by atoms with E-state index in [-0.39, 0.29) is 0 Å². The van der Waals surface area contributed by atoms with E-state index >= 15 is 0 Å². The van der Waals surface area contributed by atoms with Crippen LogP contribution >= 0.6 is 11.3 Å². The summed E-state index contributed by atoms with van der Waals surface area (Å²) in [5.41, 5.74) is 2.03. The van der Waals surface area contributed by atoms with Crippen molar-refractivity contribution < 1.29 is 12.8 Å². The van der Waals surface area contributed by atoms with E-state index in [1.807, 2.05) is 42.2 Å². The number of anilines is 1. The Morgan fingerprint density at radius 3 is 2.44 bits per heavy atom. The third-order valence-electron chi connectivity index (χ3n) is 5.24. The van der Waals surface area contributed by atoms with Crippen LogP contribution in [0.3, 0.4) is 0 Å². The van der Waals surface area contributed by atoms with Gasteiger partial charge in [-0.05, 0) is 30.5 Å². The Morgan fingerprint density at radius 1 is 0.969 bits per heavy atom. The van der Waals surface area contributed by atoms with Crippen LogP contribution in [-0.4, -0.2) is 59.1 Å². The monoisotopic (exact) mass is 468 g/mol. The lowest BCUT2D eigenvalue weighted by Gasteiger charge is -2.34. The van der Waals surface area contributed by atoms with E-state index in [0.717, 1.165) is 5.56 Å². The highest BCUT2D eigenvalue weighted by molar-refractivity contribution is 7.91. The van der Waals surface area contributed by atoms with E-state index in [4.69, 9.17) is 9.40 Å².